The number of anilines is 1. The van der Waals surface area contributed by atoms with E-state index in [4.69, 9.17) is 14.2 Å². The van der Waals surface area contributed by atoms with Gasteiger partial charge in [0.1, 0.15) is 11.5 Å². The molecule has 6 heteroatoms. The largest absolute Gasteiger partial charge is 0.497 e. The van der Waals surface area contributed by atoms with Crippen molar-refractivity contribution in [2.75, 3.05) is 19.0 Å². The van der Waals surface area contributed by atoms with Gasteiger partial charge >= 0.3 is 5.97 Å². The van der Waals surface area contributed by atoms with Crippen molar-refractivity contribution in [2.24, 2.45) is 0 Å². The number of carbonyl (C=O) groups is 2. The van der Waals surface area contributed by atoms with E-state index in [1.807, 2.05) is 25.1 Å². The van der Waals surface area contributed by atoms with Gasteiger partial charge in [0.2, 0.25) is 0 Å². The normalized spacial score (nSPS) is 11.3. The van der Waals surface area contributed by atoms with Gasteiger partial charge in [0.05, 0.1) is 7.11 Å². The molecule has 1 amide bonds. The maximum atomic E-state index is 11.9. The number of benzene rings is 2. The highest BCUT2D eigenvalue weighted by atomic mass is 16.6. The molecule has 0 unspecified atom stereocenters. The number of hydrogen-bond donors (Lipinski definition) is 1. The summed E-state index contributed by atoms with van der Waals surface area (Å²) in [6.07, 6.45) is -0.810. The Morgan fingerprint density at radius 3 is 2.44 bits per heavy atom. The van der Waals surface area contributed by atoms with Gasteiger partial charge < -0.3 is 19.5 Å². The molecule has 0 aromatic heterocycles. The molecule has 0 radical (unpaired) electrons. The number of hydrogen-bond acceptors (Lipinski definition) is 5. The third-order valence-corrected chi connectivity index (χ3v) is 3.35. The Bertz CT molecular complexity index is 727. The van der Waals surface area contributed by atoms with E-state index >= 15 is 0 Å². The van der Waals surface area contributed by atoms with Crippen molar-refractivity contribution in [3.8, 4) is 11.5 Å². The van der Waals surface area contributed by atoms with Crippen LogP contribution in [0.5, 0.6) is 11.5 Å². The second-order valence-corrected chi connectivity index (χ2v) is 5.46. The summed E-state index contributed by atoms with van der Waals surface area (Å²) in [5.41, 5.74) is 1.61. The van der Waals surface area contributed by atoms with E-state index in [1.165, 1.54) is 0 Å². The van der Waals surface area contributed by atoms with E-state index in [9.17, 15) is 9.59 Å². The SMILES string of the molecule is COc1ccc(NC(=O)COC(=O)[C@@H](C)Oc2cccc(C)c2)cc1. The van der Waals surface area contributed by atoms with Crippen LogP contribution >= 0.6 is 0 Å². The zero-order valence-electron chi connectivity index (χ0n) is 14.4. The molecule has 0 saturated heterocycles. The molecule has 0 aliphatic heterocycles. The summed E-state index contributed by atoms with van der Waals surface area (Å²) in [7, 11) is 1.56. The lowest BCUT2D eigenvalue weighted by atomic mass is 10.2. The highest BCUT2D eigenvalue weighted by molar-refractivity contribution is 5.93. The molecule has 0 aliphatic carbocycles. The molecule has 0 spiro atoms. The van der Waals surface area contributed by atoms with Crippen molar-refractivity contribution in [3.05, 3.63) is 54.1 Å². The van der Waals surface area contributed by atoms with Crippen molar-refractivity contribution in [1.82, 2.24) is 0 Å². The van der Waals surface area contributed by atoms with Crippen molar-refractivity contribution in [3.63, 3.8) is 0 Å². The fraction of sp³-hybridized carbons (Fsp3) is 0.263. The van der Waals surface area contributed by atoms with Crippen molar-refractivity contribution in [1.29, 1.82) is 0 Å². The van der Waals surface area contributed by atoms with Crippen LogP contribution in [-0.4, -0.2) is 31.7 Å². The number of ether oxygens (including phenoxy) is 3. The van der Waals surface area contributed by atoms with Crippen LogP contribution in [0.25, 0.3) is 0 Å². The minimum absolute atomic E-state index is 0.383. The number of nitrogens with one attached hydrogen (secondary N) is 1. The minimum atomic E-state index is -0.810. The fourth-order valence-electron chi connectivity index (χ4n) is 2.07. The van der Waals surface area contributed by atoms with Gasteiger partial charge in [-0.2, -0.15) is 0 Å². The number of carbonyl (C=O) groups excluding carboxylic acids is 2. The molecule has 0 saturated carbocycles. The number of amides is 1. The number of methoxy groups -OCH3 is 1. The molecule has 0 bridgehead atoms. The maximum absolute atomic E-state index is 11.9. The first-order chi connectivity index (χ1) is 12.0. The summed E-state index contributed by atoms with van der Waals surface area (Å²) in [6, 6.07) is 14.2. The summed E-state index contributed by atoms with van der Waals surface area (Å²) in [5.74, 6) is 0.228. The molecule has 2 aromatic rings. The molecule has 0 heterocycles. The Morgan fingerprint density at radius 2 is 1.80 bits per heavy atom. The van der Waals surface area contributed by atoms with Crippen molar-refractivity contribution in [2.45, 2.75) is 20.0 Å². The summed E-state index contributed by atoms with van der Waals surface area (Å²) in [5, 5.41) is 2.63. The number of esters is 1. The smallest absolute Gasteiger partial charge is 0.347 e. The highest BCUT2D eigenvalue weighted by Gasteiger charge is 2.18. The Kier molecular flexibility index (Phi) is 6.39. The monoisotopic (exact) mass is 343 g/mol. The Balaban J connectivity index is 1.78. The Hall–Kier alpha value is -3.02. The molecule has 6 nitrogen and oxygen atoms in total. The maximum Gasteiger partial charge on any atom is 0.347 e. The molecular formula is C19H21NO5. The Labute approximate surface area is 146 Å². The third-order valence-electron chi connectivity index (χ3n) is 3.35. The van der Waals surface area contributed by atoms with Gasteiger partial charge in [-0.15, -0.1) is 0 Å². The third kappa shape index (κ3) is 5.84. The molecule has 2 aromatic carbocycles. The van der Waals surface area contributed by atoms with Crippen LogP contribution in [0.3, 0.4) is 0 Å². The minimum Gasteiger partial charge on any atom is -0.497 e. The average Bonchev–Trinajstić information content (AvgIpc) is 2.60. The molecule has 1 atom stereocenters. The van der Waals surface area contributed by atoms with Gasteiger partial charge in [0, 0.05) is 5.69 Å². The lowest BCUT2D eigenvalue weighted by Gasteiger charge is -2.14. The van der Waals surface area contributed by atoms with Crippen LogP contribution in [-0.2, 0) is 14.3 Å². The van der Waals surface area contributed by atoms with E-state index in [0.717, 1.165) is 5.56 Å². The summed E-state index contributed by atoms with van der Waals surface area (Å²) >= 11 is 0. The number of rotatable bonds is 7. The van der Waals surface area contributed by atoms with Gasteiger partial charge in [-0.05, 0) is 55.8 Å². The second kappa shape index (κ2) is 8.73. The predicted octanol–water partition coefficient (Wildman–Crippen LogP) is 2.95. The summed E-state index contributed by atoms with van der Waals surface area (Å²) in [6.45, 7) is 3.12. The van der Waals surface area contributed by atoms with Gasteiger partial charge in [-0.3, -0.25) is 4.79 Å². The first kappa shape index (κ1) is 18.3. The van der Waals surface area contributed by atoms with Crippen LogP contribution in [0.1, 0.15) is 12.5 Å². The van der Waals surface area contributed by atoms with Crippen molar-refractivity contribution >= 4 is 17.6 Å². The molecule has 0 fully saturated rings. The lowest BCUT2D eigenvalue weighted by Crippen LogP contribution is -2.29. The van der Waals surface area contributed by atoms with Crippen molar-refractivity contribution < 1.29 is 23.8 Å². The predicted molar refractivity (Wildman–Crippen MR) is 93.9 cm³/mol. The molecule has 25 heavy (non-hydrogen) atoms. The van der Waals surface area contributed by atoms with Gasteiger partial charge in [-0.1, -0.05) is 12.1 Å². The molecule has 132 valence electrons. The van der Waals surface area contributed by atoms with Crippen LogP contribution in [0.4, 0.5) is 5.69 Å². The van der Waals surface area contributed by atoms with Gasteiger partial charge in [-0.25, -0.2) is 4.79 Å². The number of aryl methyl sites for hydroxylation is 1. The van der Waals surface area contributed by atoms with E-state index < -0.39 is 18.0 Å². The topological polar surface area (TPSA) is 73.9 Å². The summed E-state index contributed by atoms with van der Waals surface area (Å²) in [4.78, 5) is 23.8. The molecular weight excluding hydrogens is 322 g/mol. The average molecular weight is 343 g/mol. The second-order valence-electron chi connectivity index (χ2n) is 5.46. The van der Waals surface area contributed by atoms with E-state index in [0.29, 0.717) is 17.2 Å². The van der Waals surface area contributed by atoms with Gasteiger partial charge in [0.25, 0.3) is 5.91 Å². The van der Waals surface area contributed by atoms with Crippen LogP contribution < -0.4 is 14.8 Å². The van der Waals surface area contributed by atoms with Crippen LogP contribution in [0, 0.1) is 6.92 Å². The molecule has 0 aliphatic rings. The standard InChI is InChI=1S/C19H21NO5/c1-13-5-4-6-17(11-13)25-14(2)19(22)24-12-18(21)20-15-7-9-16(23-3)10-8-15/h4-11,14H,12H2,1-3H3,(H,20,21)/t14-/m1/s1. The van der Waals surface area contributed by atoms with E-state index in [1.54, 1.807) is 44.4 Å². The highest BCUT2D eigenvalue weighted by Crippen LogP contribution is 2.16. The zero-order valence-corrected chi connectivity index (χ0v) is 14.4. The van der Waals surface area contributed by atoms with Gasteiger partial charge in [0.15, 0.2) is 12.7 Å². The first-order valence-corrected chi connectivity index (χ1v) is 7.82. The fourth-order valence-corrected chi connectivity index (χ4v) is 2.07. The molecule has 2 rings (SSSR count). The van der Waals surface area contributed by atoms with E-state index in [-0.39, 0.29) is 6.61 Å². The Morgan fingerprint density at radius 1 is 1.08 bits per heavy atom. The van der Waals surface area contributed by atoms with Crippen LogP contribution in [0.2, 0.25) is 0 Å². The molecule has 1 N–H and O–H groups in total. The van der Waals surface area contributed by atoms with Crippen LogP contribution in [0.15, 0.2) is 48.5 Å². The zero-order chi connectivity index (χ0) is 18.2. The summed E-state index contributed by atoms with van der Waals surface area (Å²) < 4.78 is 15.5. The first-order valence-electron chi connectivity index (χ1n) is 7.82. The lowest BCUT2D eigenvalue weighted by molar-refractivity contribution is -0.153. The van der Waals surface area contributed by atoms with E-state index in [2.05, 4.69) is 5.32 Å². The quantitative estimate of drug-likeness (QED) is 0.783.